The molecule has 108 valence electrons. The molecule has 1 aromatic carbocycles. The maximum absolute atomic E-state index is 11.9. The minimum absolute atomic E-state index is 0.0400. The van der Waals surface area contributed by atoms with E-state index in [2.05, 4.69) is 15.0 Å². The van der Waals surface area contributed by atoms with Crippen LogP contribution in [0, 0.1) is 0 Å². The number of hydrogen-bond acceptors (Lipinski definition) is 6. The third kappa shape index (κ3) is 3.73. The first-order valence-corrected chi connectivity index (χ1v) is 7.03. The molecule has 1 heterocycles. The average molecular weight is 304 g/mol. The van der Waals surface area contributed by atoms with Crippen molar-refractivity contribution in [1.29, 1.82) is 0 Å². The first-order chi connectivity index (χ1) is 10.1. The summed E-state index contributed by atoms with van der Waals surface area (Å²) in [6, 6.07) is 8.61. The number of rotatable bonds is 5. The van der Waals surface area contributed by atoms with E-state index in [1.165, 1.54) is 5.38 Å². The van der Waals surface area contributed by atoms with E-state index in [1.807, 2.05) is 0 Å². The number of benzene rings is 1. The summed E-state index contributed by atoms with van der Waals surface area (Å²) in [6.07, 6.45) is 0. The van der Waals surface area contributed by atoms with Gasteiger partial charge in [0.1, 0.15) is 5.69 Å². The summed E-state index contributed by atoms with van der Waals surface area (Å²) in [7, 11) is 0. The molecule has 0 saturated heterocycles. The standard InChI is InChI=1S/C14H12N2O4S/c1-2-20-13(19)11(17)10-8-21-14(15-10)16-12(18)9-6-4-3-5-7-9/h3-8H,2H2,1H3,(H,15,16,18). The van der Waals surface area contributed by atoms with Crippen LogP contribution in [0.25, 0.3) is 0 Å². The van der Waals surface area contributed by atoms with E-state index in [4.69, 9.17) is 0 Å². The SMILES string of the molecule is CCOC(=O)C(=O)c1csc(NC(=O)c2ccccc2)n1. The normalized spacial score (nSPS) is 9.95. The van der Waals surface area contributed by atoms with E-state index in [0.717, 1.165) is 11.3 Å². The summed E-state index contributed by atoms with van der Waals surface area (Å²) >= 11 is 1.06. The number of aromatic nitrogens is 1. The third-order valence-electron chi connectivity index (χ3n) is 2.45. The number of ketones is 1. The van der Waals surface area contributed by atoms with Gasteiger partial charge in [0.25, 0.3) is 11.7 Å². The number of thiazole rings is 1. The van der Waals surface area contributed by atoms with Crippen molar-refractivity contribution in [3.05, 3.63) is 47.0 Å². The molecule has 2 aromatic rings. The van der Waals surface area contributed by atoms with Crippen LogP contribution in [0.3, 0.4) is 0 Å². The Labute approximate surface area is 124 Å². The van der Waals surface area contributed by atoms with E-state index >= 15 is 0 Å². The summed E-state index contributed by atoms with van der Waals surface area (Å²) in [5, 5.41) is 4.22. The van der Waals surface area contributed by atoms with Crippen LogP contribution in [0.4, 0.5) is 5.13 Å². The Morgan fingerprint density at radius 2 is 1.95 bits per heavy atom. The Kier molecular flexibility index (Phi) is 4.78. The van der Waals surface area contributed by atoms with Gasteiger partial charge in [-0.1, -0.05) is 18.2 Å². The molecule has 21 heavy (non-hydrogen) atoms. The molecule has 0 fully saturated rings. The van der Waals surface area contributed by atoms with Crippen molar-refractivity contribution in [1.82, 2.24) is 4.98 Å². The van der Waals surface area contributed by atoms with Gasteiger partial charge in [-0.25, -0.2) is 9.78 Å². The smallest absolute Gasteiger partial charge is 0.381 e. The van der Waals surface area contributed by atoms with Crippen molar-refractivity contribution in [2.24, 2.45) is 0 Å². The molecular formula is C14H12N2O4S. The maximum atomic E-state index is 11.9. The van der Waals surface area contributed by atoms with Crippen molar-refractivity contribution in [2.45, 2.75) is 6.92 Å². The second-order valence-electron chi connectivity index (χ2n) is 3.91. The molecule has 0 saturated carbocycles. The topological polar surface area (TPSA) is 85.4 Å². The lowest BCUT2D eigenvalue weighted by Gasteiger charge is -2.00. The Bertz CT molecular complexity index is 667. The van der Waals surface area contributed by atoms with Crippen molar-refractivity contribution >= 4 is 34.1 Å². The van der Waals surface area contributed by atoms with E-state index in [9.17, 15) is 14.4 Å². The highest BCUT2D eigenvalue weighted by Crippen LogP contribution is 2.17. The summed E-state index contributed by atoms with van der Waals surface area (Å²) in [4.78, 5) is 38.8. The molecule has 1 aromatic heterocycles. The van der Waals surface area contributed by atoms with Gasteiger partial charge in [0.15, 0.2) is 5.13 Å². The zero-order valence-electron chi connectivity index (χ0n) is 11.2. The number of esters is 1. The van der Waals surface area contributed by atoms with Crippen LogP contribution in [0.1, 0.15) is 27.8 Å². The number of Topliss-reactive ketones (excluding diaryl/α,β-unsaturated/α-hetero) is 1. The second-order valence-corrected chi connectivity index (χ2v) is 4.77. The van der Waals surface area contributed by atoms with Gasteiger partial charge in [-0.3, -0.25) is 14.9 Å². The predicted octanol–water partition coefficient (Wildman–Crippen LogP) is 2.14. The maximum Gasteiger partial charge on any atom is 0.381 e. The lowest BCUT2D eigenvalue weighted by atomic mass is 10.2. The molecule has 2 rings (SSSR count). The van der Waals surface area contributed by atoms with E-state index in [0.29, 0.717) is 5.56 Å². The van der Waals surface area contributed by atoms with Gasteiger partial charge in [0.05, 0.1) is 6.61 Å². The highest BCUT2D eigenvalue weighted by molar-refractivity contribution is 7.14. The Morgan fingerprint density at radius 1 is 1.24 bits per heavy atom. The van der Waals surface area contributed by atoms with Crippen molar-refractivity contribution in [3.63, 3.8) is 0 Å². The van der Waals surface area contributed by atoms with Gasteiger partial charge in [-0.15, -0.1) is 11.3 Å². The predicted molar refractivity (Wildman–Crippen MR) is 77.5 cm³/mol. The molecule has 0 unspecified atom stereocenters. The van der Waals surface area contributed by atoms with Gasteiger partial charge in [-0.2, -0.15) is 0 Å². The molecule has 0 aliphatic rings. The average Bonchev–Trinajstić information content (AvgIpc) is 2.96. The third-order valence-corrected chi connectivity index (χ3v) is 3.21. The molecule has 0 aliphatic heterocycles. The number of nitrogens with one attached hydrogen (secondary N) is 1. The van der Waals surface area contributed by atoms with E-state index < -0.39 is 11.8 Å². The van der Waals surface area contributed by atoms with Gasteiger partial charge in [0.2, 0.25) is 0 Å². The largest absolute Gasteiger partial charge is 0.460 e. The summed E-state index contributed by atoms with van der Waals surface area (Å²) in [5.41, 5.74) is 0.438. The van der Waals surface area contributed by atoms with Gasteiger partial charge >= 0.3 is 5.97 Å². The van der Waals surface area contributed by atoms with Crippen LogP contribution in [-0.2, 0) is 9.53 Å². The Hall–Kier alpha value is -2.54. The minimum Gasteiger partial charge on any atom is -0.460 e. The Morgan fingerprint density at radius 3 is 2.62 bits per heavy atom. The zero-order valence-corrected chi connectivity index (χ0v) is 12.0. The lowest BCUT2D eigenvalue weighted by molar-refractivity contribution is -0.137. The van der Waals surface area contributed by atoms with Crippen LogP contribution in [-0.4, -0.2) is 29.3 Å². The molecule has 0 aliphatic carbocycles. The highest BCUT2D eigenvalue weighted by Gasteiger charge is 2.21. The highest BCUT2D eigenvalue weighted by atomic mass is 32.1. The van der Waals surface area contributed by atoms with Crippen LogP contribution in [0.15, 0.2) is 35.7 Å². The van der Waals surface area contributed by atoms with Crippen LogP contribution < -0.4 is 5.32 Å². The fraction of sp³-hybridized carbons (Fsp3) is 0.143. The molecule has 1 N–H and O–H groups in total. The fourth-order valence-corrected chi connectivity index (χ4v) is 2.18. The lowest BCUT2D eigenvalue weighted by Crippen LogP contribution is -2.18. The zero-order chi connectivity index (χ0) is 15.2. The number of carbonyl (C=O) groups excluding carboxylic acids is 3. The monoisotopic (exact) mass is 304 g/mol. The number of anilines is 1. The second kappa shape index (κ2) is 6.76. The number of hydrogen-bond donors (Lipinski definition) is 1. The minimum atomic E-state index is -0.955. The Balaban J connectivity index is 2.05. The van der Waals surface area contributed by atoms with Crippen molar-refractivity contribution < 1.29 is 19.1 Å². The number of nitrogens with zero attached hydrogens (tertiary/aromatic N) is 1. The van der Waals surface area contributed by atoms with E-state index in [-0.39, 0.29) is 23.3 Å². The molecule has 6 nitrogen and oxygen atoms in total. The molecule has 0 bridgehead atoms. The number of amides is 1. The van der Waals surface area contributed by atoms with Crippen LogP contribution in [0.2, 0.25) is 0 Å². The summed E-state index contributed by atoms with van der Waals surface area (Å²) < 4.78 is 4.61. The first-order valence-electron chi connectivity index (χ1n) is 6.15. The summed E-state index contributed by atoms with van der Waals surface area (Å²) in [5.74, 6) is -2.11. The van der Waals surface area contributed by atoms with Gasteiger partial charge in [-0.05, 0) is 19.1 Å². The quantitative estimate of drug-likeness (QED) is 0.519. The van der Waals surface area contributed by atoms with Gasteiger partial charge in [0, 0.05) is 10.9 Å². The molecule has 0 spiro atoms. The molecular weight excluding hydrogens is 292 g/mol. The van der Waals surface area contributed by atoms with Crippen molar-refractivity contribution in [2.75, 3.05) is 11.9 Å². The molecule has 0 radical (unpaired) electrons. The van der Waals surface area contributed by atoms with Crippen LogP contribution >= 0.6 is 11.3 Å². The van der Waals surface area contributed by atoms with Crippen molar-refractivity contribution in [3.8, 4) is 0 Å². The van der Waals surface area contributed by atoms with Crippen LogP contribution in [0.5, 0.6) is 0 Å². The van der Waals surface area contributed by atoms with E-state index in [1.54, 1.807) is 37.3 Å². The molecule has 0 atom stereocenters. The molecule has 7 heteroatoms. The summed E-state index contributed by atoms with van der Waals surface area (Å²) in [6.45, 7) is 1.73. The number of ether oxygens (including phenoxy) is 1. The molecule has 1 amide bonds. The number of carbonyl (C=O) groups is 3. The van der Waals surface area contributed by atoms with Gasteiger partial charge < -0.3 is 4.74 Å². The first kappa shape index (κ1) is 14.9. The fourth-order valence-electron chi connectivity index (χ4n) is 1.50.